The summed E-state index contributed by atoms with van der Waals surface area (Å²) in [6.45, 7) is 2.15. The van der Waals surface area contributed by atoms with Crippen molar-refractivity contribution < 1.29 is 0 Å². The Kier molecular flexibility index (Phi) is 5.60. The molecule has 2 aromatic rings. The summed E-state index contributed by atoms with van der Waals surface area (Å²) in [7, 11) is 0. The van der Waals surface area contributed by atoms with Crippen LogP contribution in [0.1, 0.15) is 24.9 Å². The zero-order valence-corrected chi connectivity index (χ0v) is 13.9. The largest absolute Gasteiger partial charge is 0.345 e. The molecule has 100 valence electrons. The van der Waals surface area contributed by atoms with Crippen LogP contribution in [-0.4, -0.2) is 9.97 Å². The van der Waals surface area contributed by atoms with Gasteiger partial charge in [0, 0.05) is 10.6 Å². The third-order valence-corrected chi connectivity index (χ3v) is 5.04. The van der Waals surface area contributed by atoms with E-state index in [1.165, 1.54) is 4.90 Å². The number of thioether (sulfide) groups is 1. The van der Waals surface area contributed by atoms with Gasteiger partial charge in [-0.15, -0.1) is 11.8 Å². The Hall–Kier alpha value is -0.650. The molecule has 1 heterocycles. The van der Waals surface area contributed by atoms with Gasteiger partial charge >= 0.3 is 0 Å². The zero-order valence-electron chi connectivity index (χ0n) is 10.6. The van der Waals surface area contributed by atoms with Crippen LogP contribution < -0.4 is 0 Å². The summed E-state index contributed by atoms with van der Waals surface area (Å²) in [5.41, 5.74) is 1.14. The quantitative estimate of drug-likeness (QED) is 0.594. The highest BCUT2D eigenvalue weighted by atomic mass is 79.9. The van der Waals surface area contributed by atoms with Crippen LogP contribution in [0, 0.1) is 4.64 Å². The van der Waals surface area contributed by atoms with E-state index in [0.717, 1.165) is 34.6 Å². The second kappa shape index (κ2) is 7.22. The number of benzene rings is 1. The first kappa shape index (κ1) is 14.8. The SMILES string of the molecule is CCCc1[nH]c(CSc2ccccc2)nc(=S)c1Br. The highest BCUT2D eigenvalue weighted by molar-refractivity contribution is 9.10. The van der Waals surface area contributed by atoms with Crippen LogP contribution in [-0.2, 0) is 12.2 Å². The molecule has 0 aliphatic carbocycles. The lowest BCUT2D eigenvalue weighted by molar-refractivity contribution is 0.842. The van der Waals surface area contributed by atoms with Gasteiger partial charge in [0.25, 0.3) is 0 Å². The molecule has 0 saturated carbocycles. The number of halogens is 1. The van der Waals surface area contributed by atoms with Crippen molar-refractivity contribution in [1.29, 1.82) is 0 Å². The predicted molar refractivity (Wildman–Crippen MR) is 87.1 cm³/mol. The van der Waals surface area contributed by atoms with Crippen LogP contribution in [0.2, 0.25) is 0 Å². The number of aromatic nitrogens is 2. The van der Waals surface area contributed by atoms with Crippen LogP contribution >= 0.6 is 39.9 Å². The van der Waals surface area contributed by atoms with Crippen LogP contribution in [0.15, 0.2) is 39.7 Å². The number of nitrogens with zero attached hydrogens (tertiary/aromatic N) is 1. The molecular formula is C14H15BrN2S2. The molecule has 0 radical (unpaired) electrons. The van der Waals surface area contributed by atoms with E-state index in [1.807, 2.05) is 18.2 Å². The molecule has 2 nitrogen and oxygen atoms in total. The van der Waals surface area contributed by atoms with Crippen molar-refractivity contribution in [2.75, 3.05) is 0 Å². The van der Waals surface area contributed by atoms with Crippen molar-refractivity contribution in [2.45, 2.75) is 30.4 Å². The highest BCUT2D eigenvalue weighted by Gasteiger charge is 2.06. The number of hydrogen-bond donors (Lipinski definition) is 1. The van der Waals surface area contributed by atoms with Gasteiger partial charge in [-0.05, 0) is 34.5 Å². The average Bonchev–Trinajstić information content (AvgIpc) is 2.43. The van der Waals surface area contributed by atoms with Gasteiger partial charge in [0.05, 0.1) is 10.2 Å². The molecule has 0 bridgehead atoms. The lowest BCUT2D eigenvalue weighted by atomic mass is 10.2. The van der Waals surface area contributed by atoms with E-state index in [0.29, 0.717) is 4.64 Å². The van der Waals surface area contributed by atoms with Gasteiger partial charge in [-0.3, -0.25) is 0 Å². The third-order valence-electron chi connectivity index (χ3n) is 2.60. The van der Waals surface area contributed by atoms with E-state index < -0.39 is 0 Å². The van der Waals surface area contributed by atoms with Crippen molar-refractivity contribution in [3.05, 3.63) is 51.0 Å². The van der Waals surface area contributed by atoms with Gasteiger partial charge < -0.3 is 4.98 Å². The van der Waals surface area contributed by atoms with Gasteiger partial charge in [0.15, 0.2) is 0 Å². The summed E-state index contributed by atoms with van der Waals surface area (Å²) in [4.78, 5) is 9.04. The number of rotatable bonds is 5. The summed E-state index contributed by atoms with van der Waals surface area (Å²) in [5, 5.41) is 0. The molecule has 0 aliphatic heterocycles. The van der Waals surface area contributed by atoms with Crippen molar-refractivity contribution in [3.63, 3.8) is 0 Å². The van der Waals surface area contributed by atoms with Crippen molar-refractivity contribution in [1.82, 2.24) is 9.97 Å². The monoisotopic (exact) mass is 354 g/mol. The van der Waals surface area contributed by atoms with Gasteiger partial charge in [0.1, 0.15) is 10.5 Å². The fraction of sp³-hybridized carbons (Fsp3) is 0.286. The molecule has 1 N–H and O–H groups in total. The van der Waals surface area contributed by atoms with Gasteiger partial charge in [-0.1, -0.05) is 43.8 Å². The molecule has 0 amide bonds. The van der Waals surface area contributed by atoms with E-state index in [4.69, 9.17) is 12.2 Å². The fourth-order valence-electron chi connectivity index (χ4n) is 1.72. The normalized spacial score (nSPS) is 10.6. The van der Waals surface area contributed by atoms with E-state index in [2.05, 4.69) is 45.0 Å². The second-order valence-corrected chi connectivity index (χ2v) is 6.36. The van der Waals surface area contributed by atoms with Crippen molar-refractivity contribution >= 4 is 39.9 Å². The molecule has 0 atom stereocenters. The molecular weight excluding hydrogens is 340 g/mol. The van der Waals surface area contributed by atoms with Gasteiger partial charge in [0.2, 0.25) is 0 Å². The first-order chi connectivity index (χ1) is 9.20. The van der Waals surface area contributed by atoms with Gasteiger partial charge in [-0.2, -0.15) is 0 Å². The maximum absolute atomic E-state index is 5.29. The molecule has 19 heavy (non-hydrogen) atoms. The number of nitrogens with one attached hydrogen (secondary N) is 1. The smallest absolute Gasteiger partial charge is 0.144 e. The van der Waals surface area contributed by atoms with Crippen molar-refractivity contribution in [3.8, 4) is 0 Å². The minimum absolute atomic E-state index is 0.644. The average molecular weight is 355 g/mol. The lowest BCUT2D eigenvalue weighted by Gasteiger charge is -2.07. The fourth-order valence-corrected chi connectivity index (χ4v) is 3.13. The molecule has 0 saturated heterocycles. The topological polar surface area (TPSA) is 28.7 Å². The maximum Gasteiger partial charge on any atom is 0.144 e. The second-order valence-electron chi connectivity index (χ2n) is 4.13. The Morgan fingerprint density at radius 1 is 1.32 bits per heavy atom. The Labute approximate surface area is 131 Å². The number of aromatic amines is 1. The Bertz CT molecular complexity index is 596. The molecule has 5 heteroatoms. The molecule has 0 unspecified atom stereocenters. The minimum atomic E-state index is 0.644. The van der Waals surface area contributed by atoms with E-state index >= 15 is 0 Å². The van der Waals surface area contributed by atoms with Crippen LogP contribution in [0.5, 0.6) is 0 Å². The van der Waals surface area contributed by atoms with E-state index in [1.54, 1.807) is 11.8 Å². The summed E-state index contributed by atoms with van der Waals surface area (Å²) >= 11 is 10.6. The minimum Gasteiger partial charge on any atom is -0.345 e. The van der Waals surface area contributed by atoms with E-state index in [9.17, 15) is 0 Å². The first-order valence-corrected chi connectivity index (χ1v) is 8.34. The Morgan fingerprint density at radius 3 is 2.74 bits per heavy atom. The molecule has 0 fully saturated rings. The number of aryl methyl sites for hydroxylation is 1. The summed E-state index contributed by atoms with van der Waals surface area (Å²) in [5.74, 6) is 1.74. The number of hydrogen-bond acceptors (Lipinski definition) is 3. The first-order valence-electron chi connectivity index (χ1n) is 6.16. The lowest BCUT2D eigenvalue weighted by Crippen LogP contribution is -2.00. The predicted octanol–water partition coefficient (Wildman–Crippen LogP) is 5.15. The summed E-state index contributed by atoms with van der Waals surface area (Å²) < 4.78 is 1.57. The third kappa shape index (κ3) is 4.16. The summed E-state index contributed by atoms with van der Waals surface area (Å²) in [6.07, 6.45) is 2.06. The summed E-state index contributed by atoms with van der Waals surface area (Å²) in [6, 6.07) is 10.3. The molecule has 0 aliphatic rings. The Morgan fingerprint density at radius 2 is 2.05 bits per heavy atom. The van der Waals surface area contributed by atoms with Gasteiger partial charge in [-0.25, -0.2) is 4.98 Å². The molecule has 0 spiro atoms. The molecule has 2 rings (SSSR count). The maximum atomic E-state index is 5.29. The van der Waals surface area contributed by atoms with Crippen LogP contribution in [0.3, 0.4) is 0 Å². The molecule has 1 aromatic carbocycles. The zero-order chi connectivity index (χ0) is 13.7. The van der Waals surface area contributed by atoms with Crippen molar-refractivity contribution in [2.24, 2.45) is 0 Å². The van der Waals surface area contributed by atoms with Crippen LogP contribution in [0.25, 0.3) is 0 Å². The standard InChI is InChI=1S/C14H15BrN2S2/c1-2-6-11-13(15)14(18)17-12(16-11)9-19-10-7-4-3-5-8-10/h3-5,7-8H,2,6,9H2,1H3,(H,16,17,18). The van der Waals surface area contributed by atoms with Crippen LogP contribution in [0.4, 0.5) is 0 Å². The molecule has 1 aromatic heterocycles. The van der Waals surface area contributed by atoms with E-state index in [-0.39, 0.29) is 0 Å². The highest BCUT2D eigenvalue weighted by Crippen LogP contribution is 2.23. The number of H-pyrrole nitrogens is 1. The Balaban J connectivity index is 2.14.